The van der Waals surface area contributed by atoms with Gasteiger partial charge in [0.2, 0.25) is 0 Å². The number of piperidine rings is 1. The normalized spacial score (nSPS) is 32.6. The van der Waals surface area contributed by atoms with Crippen LogP contribution in [-0.2, 0) is 9.53 Å². The van der Waals surface area contributed by atoms with Gasteiger partial charge < -0.3 is 4.74 Å². The molecule has 2 atom stereocenters. The van der Waals surface area contributed by atoms with Crippen LogP contribution in [0.5, 0.6) is 0 Å². The molecule has 3 nitrogen and oxygen atoms in total. The molecule has 0 aliphatic carbocycles. The molecule has 2 aliphatic rings. The summed E-state index contributed by atoms with van der Waals surface area (Å²) in [5.74, 6) is 0.329. The van der Waals surface area contributed by atoms with Gasteiger partial charge in [-0.15, -0.1) is 0 Å². The van der Waals surface area contributed by atoms with Gasteiger partial charge in [-0.1, -0.05) is 6.42 Å². The molecule has 2 aliphatic heterocycles. The molecular weight excluding hydrogens is 202 g/mol. The van der Waals surface area contributed by atoms with Gasteiger partial charge in [0, 0.05) is 13.2 Å². The van der Waals surface area contributed by atoms with Crippen LogP contribution in [0, 0.1) is 0 Å². The number of rotatable bonds is 3. The van der Waals surface area contributed by atoms with Gasteiger partial charge in [0.25, 0.3) is 0 Å². The Labute approximate surface area is 98.1 Å². The van der Waals surface area contributed by atoms with Crippen molar-refractivity contribution in [2.45, 2.75) is 57.6 Å². The third kappa shape index (κ3) is 3.05. The molecule has 0 aromatic rings. The van der Waals surface area contributed by atoms with E-state index in [9.17, 15) is 4.79 Å². The van der Waals surface area contributed by atoms with E-state index in [1.807, 2.05) is 0 Å². The Hall–Kier alpha value is -0.410. The molecule has 0 aromatic carbocycles. The van der Waals surface area contributed by atoms with Gasteiger partial charge in [-0.05, 0) is 45.6 Å². The smallest absolute Gasteiger partial charge is 0.146 e. The Balaban J connectivity index is 1.87. The first-order valence-corrected chi connectivity index (χ1v) is 6.63. The second kappa shape index (κ2) is 5.78. The molecule has 0 N–H and O–H groups in total. The molecule has 0 bridgehead atoms. The Morgan fingerprint density at radius 2 is 2.06 bits per heavy atom. The third-order valence-electron chi connectivity index (χ3n) is 3.80. The molecule has 2 heterocycles. The molecular formula is C13H23NO2. The zero-order valence-electron chi connectivity index (χ0n) is 10.3. The highest BCUT2D eigenvalue weighted by molar-refractivity contribution is 5.81. The van der Waals surface area contributed by atoms with E-state index < -0.39 is 0 Å². The monoisotopic (exact) mass is 225 g/mol. The van der Waals surface area contributed by atoms with Crippen molar-refractivity contribution in [3.63, 3.8) is 0 Å². The van der Waals surface area contributed by atoms with Crippen molar-refractivity contribution in [1.29, 1.82) is 0 Å². The standard InChI is InChI=1S/C13H23NO2/c1-11(15)13-7-2-4-8-14(13)10-12-6-3-5-9-16-12/h12-13H,2-10H2,1H3. The SMILES string of the molecule is CC(=O)C1CCCCN1CC1CCCCO1. The number of hydrogen-bond donors (Lipinski definition) is 0. The highest BCUT2D eigenvalue weighted by Crippen LogP contribution is 2.21. The Kier molecular flexibility index (Phi) is 4.36. The number of hydrogen-bond acceptors (Lipinski definition) is 3. The lowest BCUT2D eigenvalue weighted by Crippen LogP contribution is -2.48. The third-order valence-corrected chi connectivity index (χ3v) is 3.80. The summed E-state index contributed by atoms with van der Waals surface area (Å²) < 4.78 is 5.76. The minimum Gasteiger partial charge on any atom is -0.377 e. The number of carbonyl (C=O) groups excluding carboxylic acids is 1. The molecule has 92 valence electrons. The van der Waals surface area contributed by atoms with E-state index in [-0.39, 0.29) is 6.04 Å². The molecule has 0 aromatic heterocycles. The van der Waals surface area contributed by atoms with Crippen molar-refractivity contribution in [3.05, 3.63) is 0 Å². The zero-order valence-corrected chi connectivity index (χ0v) is 10.3. The fraction of sp³-hybridized carbons (Fsp3) is 0.923. The number of Topliss-reactive ketones (excluding diaryl/α,β-unsaturated/α-hetero) is 1. The maximum Gasteiger partial charge on any atom is 0.146 e. The molecule has 0 radical (unpaired) electrons. The summed E-state index contributed by atoms with van der Waals surface area (Å²) in [6, 6.07) is 0.166. The molecule has 3 heteroatoms. The van der Waals surface area contributed by atoms with E-state index in [4.69, 9.17) is 4.74 Å². The van der Waals surface area contributed by atoms with Gasteiger partial charge in [0.15, 0.2) is 0 Å². The van der Waals surface area contributed by atoms with E-state index >= 15 is 0 Å². The van der Waals surface area contributed by atoms with Crippen molar-refractivity contribution in [2.24, 2.45) is 0 Å². The molecule has 2 unspecified atom stereocenters. The first-order chi connectivity index (χ1) is 7.77. The van der Waals surface area contributed by atoms with Gasteiger partial charge in [-0.3, -0.25) is 9.69 Å². The minimum atomic E-state index is 0.166. The number of nitrogens with zero attached hydrogens (tertiary/aromatic N) is 1. The summed E-state index contributed by atoms with van der Waals surface area (Å²) in [5, 5.41) is 0. The van der Waals surface area contributed by atoms with Gasteiger partial charge in [-0.2, -0.15) is 0 Å². The lowest BCUT2D eigenvalue weighted by atomic mass is 9.98. The molecule has 2 fully saturated rings. The van der Waals surface area contributed by atoms with Gasteiger partial charge in [-0.25, -0.2) is 0 Å². The van der Waals surface area contributed by atoms with E-state index in [0.29, 0.717) is 11.9 Å². The topological polar surface area (TPSA) is 29.5 Å². The van der Waals surface area contributed by atoms with E-state index in [1.165, 1.54) is 32.1 Å². The molecule has 2 rings (SSSR count). The average molecular weight is 225 g/mol. The maximum atomic E-state index is 11.6. The van der Waals surface area contributed by atoms with Crippen molar-refractivity contribution < 1.29 is 9.53 Å². The molecule has 0 spiro atoms. The second-order valence-electron chi connectivity index (χ2n) is 5.11. The molecule has 0 saturated carbocycles. The van der Waals surface area contributed by atoms with Crippen LogP contribution < -0.4 is 0 Å². The van der Waals surface area contributed by atoms with Crippen LogP contribution in [-0.4, -0.2) is 42.5 Å². The first-order valence-electron chi connectivity index (χ1n) is 6.63. The molecule has 16 heavy (non-hydrogen) atoms. The summed E-state index contributed by atoms with van der Waals surface area (Å²) in [6.45, 7) is 4.67. The molecule has 2 saturated heterocycles. The van der Waals surface area contributed by atoms with Crippen LogP contribution in [0.25, 0.3) is 0 Å². The highest BCUT2D eigenvalue weighted by atomic mass is 16.5. The number of carbonyl (C=O) groups is 1. The van der Waals surface area contributed by atoms with Crippen molar-refractivity contribution >= 4 is 5.78 Å². The fourth-order valence-corrected chi connectivity index (χ4v) is 2.88. The van der Waals surface area contributed by atoms with Gasteiger partial charge in [0.05, 0.1) is 12.1 Å². The van der Waals surface area contributed by atoms with Gasteiger partial charge in [0.1, 0.15) is 5.78 Å². The Morgan fingerprint density at radius 1 is 1.25 bits per heavy atom. The predicted molar refractivity (Wildman–Crippen MR) is 63.5 cm³/mol. The quantitative estimate of drug-likeness (QED) is 0.735. The van der Waals surface area contributed by atoms with E-state index in [0.717, 1.165) is 26.1 Å². The summed E-state index contributed by atoms with van der Waals surface area (Å²) in [7, 11) is 0. The largest absolute Gasteiger partial charge is 0.377 e. The predicted octanol–water partition coefficient (Wildman–Crippen LogP) is 2.00. The van der Waals surface area contributed by atoms with Crippen LogP contribution in [0.2, 0.25) is 0 Å². The summed E-state index contributed by atoms with van der Waals surface area (Å²) in [4.78, 5) is 13.9. The van der Waals surface area contributed by atoms with Crippen LogP contribution >= 0.6 is 0 Å². The van der Waals surface area contributed by atoms with Crippen LogP contribution in [0.3, 0.4) is 0 Å². The van der Waals surface area contributed by atoms with Crippen LogP contribution in [0.1, 0.15) is 45.4 Å². The highest BCUT2D eigenvalue weighted by Gasteiger charge is 2.28. The lowest BCUT2D eigenvalue weighted by molar-refractivity contribution is -0.124. The van der Waals surface area contributed by atoms with E-state index in [2.05, 4.69) is 4.90 Å². The fourth-order valence-electron chi connectivity index (χ4n) is 2.88. The van der Waals surface area contributed by atoms with Crippen LogP contribution in [0.4, 0.5) is 0 Å². The lowest BCUT2D eigenvalue weighted by Gasteiger charge is -2.37. The van der Waals surface area contributed by atoms with Crippen molar-refractivity contribution in [2.75, 3.05) is 19.7 Å². The minimum absolute atomic E-state index is 0.166. The summed E-state index contributed by atoms with van der Waals surface area (Å²) in [5.41, 5.74) is 0. The number of likely N-dealkylation sites (tertiary alicyclic amines) is 1. The van der Waals surface area contributed by atoms with Crippen LogP contribution in [0.15, 0.2) is 0 Å². The van der Waals surface area contributed by atoms with Gasteiger partial charge >= 0.3 is 0 Å². The second-order valence-corrected chi connectivity index (χ2v) is 5.11. The number of ether oxygens (including phenoxy) is 1. The first kappa shape index (κ1) is 12.1. The van der Waals surface area contributed by atoms with Crippen molar-refractivity contribution in [1.82, 2.24) is 4.90 Å². The summed E-state index contributed by atoms with van der Waals surface area (Å²) in [6.07, 6.45) is 7.50. The summed E-state index contributed by atoms with van der Waals surface area (Å²) >= 11 is 0. The van der Waals surface area contributed by atoms with Crippen molar-refractivity contribution in [3.8, 4) is 0 Å². The number of ketones is 1. The zero-order chi connectivity index (χ0) is 11.4. The van der Waals surface area contributed by atoms with E-state index in [1.54, 1.807) is 6.92 Å². The molecule has 0 amide bonds. The Bertz CT molecular complexity index is 236. The average Bonchev–Trinajstić information content (AvgIpc) is 2.31. The maximum absolute atomic E-state index is 11.6. The Morgan fingerprint density at radius 3 is 2.75 bits per heavy atom.